The highest BCUT2D eigenvalue weighted by atomic mass is 16.3. The maximum atomic E-state index is 11.8. The molecule has 0 spiro atoms. The molecular formula is C15H30N2O3. The number of carbonyl (C=O) groups excluding carboxylic acids is 1. The summed E-state index contributed by atoms with van der Waals surface area (Å²) in [6.45, 7) is 4.23. The topological polar surface area (TPSA) is 72.8 Å². The van der Waals surface area contributed by atoms with Crippen molar-refractivity contribution in [3.8, 4) is 0 Å². The fourth-order valence-corrected chi connectivity index (χ4v) is 2.63. The Kier molecular flexibility index (Phi) is 8.82. The number of amides is 1. The Morgan fingerprint density at radius 2 is 2.10 bits per heavy atom. The first-order valence-electron chi connectivity index (χ1n) is 7.96. The number of likely N-dealkylation sites (tertiary alicyclic amines) is 1. The van der Waals surface area contributed by atoms with E-state index in [9.17, 15) is 15.0 Å². The first kappa shape index (κ1) is 17.4. The minimum atomic E-state index is -0.261. The first-order valence-corrected chi connectivity index (χ1v) is 7.96. The third kappa shape index (κ3) is 7.22. The molecule has 1 heterocycles. The summed E-state index contributed by atoms with van der Waals surface area (Å²) in [5, 5.41) is 21.7. The number of aliphatic hydroxyl groups excluding tert-OH is 2. The third-order valence-electron chi connectivity index (χ3n) is 3.82. The SMILES string of the molecule is CCCCCCCC(=O)N[C@@H](CO)CN1CC[C@@H](O)C1. The number of hydrogen-bond acceptors (Lipinski definition) is 4. The second-order valence-corrected chi connectivity index (χ2v) is 5.81. The van der Waals surface area contributed by atoms with Crippen molar-refractivity contribution in [2.45, 2.75) is 64.0 Å². The molecule has 0 unspecified atom stereocenters. The molecule has 0 radical (unpaired) electrons. The van der Waals surface area contributed by atoms with Crippen molar-refractivity contribution < 1.29 is 15.0 Å². The molecule has 2 atom stereocenters. The van der Waals surface area contributed by atoms with Crippen LogP contribution in [0.5, 0.6) is 0 Å². The summed E-state index contributed by atoms with van der Waals surface area (Å²) in [7, 11) is 0. The number of unbranched alkanes of at least 4 members (excludes halogenated alkanes) is 4. The van der Waals surface area contributed by atoms with E-state index < -0.39 is 0 Å². The van der Waals surface area contributed by atoms with Gasteiger partial charge in [-0.2, -0.15) is 0 Å². The lowest BCUT2D eigenvalue weighted by Gasteiger charge is -2.23. The minimum Gasteiger partial charge on any atom is -0.394 e. The van der Waals surface area contributed by atoms with Gasteiger partial charge in [0.25, 0.3) is 0 Å². The third-order valence-corrected chi connectivity index (χ3v) is 3.82. The van der Waals surface area contributed by atoms with Crippen LogP contribution >= 0.6 is 0 Å². The van der Waals surface area contributed by atoms with Crippen LogP contribution in [0.4, 0.5) is 0 Å². The van der Waals surface area contributed by atoms with Gasteiger partial charge in [0.1, 0.15) is 0 Å². The van der Waals surface area contributed by atoms with Gasteiger partial charge in [0, 0.05) is 26.1 Å². The van der Waals surface area contributed by atoms with Crippen LogP contribution in [0.2, 0.25) is 0 Å². The molecule has 0 aliphatic carbocycles. The Bertz CT molecular complexity index is 274. The zero-order valence-electron chi connectivity index (χ0n) is 12.7. The van der Waals surface area contributed by atoms with E-state index in [1.165, 1.54) is 19.3 Å². The quantitative estimate of drug-likeness (QED) is 0.522. The molecular weight excluding hydrogens is 256 g/mol. The van der Waals surface area contributed by atoms with Gasteiger partial charge in [-0.15, -0.1) is 0 Å². The summed E-state index contributed by atoms with van der Waals surface area (Å²) in [4.78, 5) is 13.9. The van der Waals surface area contributed by atoms with E-state index >= 15 is 0 Å². The molecule has 3 N–H and O–H groups in total. The predicted octanol–water partition coefficient (Wildman–Crippen LogP) is 0.891. The highest BCUT2D eigenvalue weighted by Gasteiger charge is 2.23. The standard InChI is InChI=1S/C15H30N2O3/c1-2-3-4-5-6-7-15(20)16-13(12-18)10-17-9-8-14(19)11-17/h13-14,18-19H,2-12H2,1H3,(H,16,20)/t13-,14-/m1/s1. The fourth-order valence-electron chi connectivity index (χ4n) is 2.63. The Labute approximate surface area is 122 Å². The molecule has 1 rings (SSSR count). The Morgan fingerprint density at radius 3 is 2.70 bits per heavy atom. The average Bonchev–Trinajstić information content (AvgIpc) is 2.83. The molecule has 1 aliphatic rings. The second-order valence-electron chi connectivity index (χ2n) is 5.81. The van der Waals surface area contributed by atoms with Crippen molar-refractivity contribution in [2.75, 3.05) is 26.2 Å². The Balaban J connectivity index is 2.14. The molecule has 5 heteroatoms. The summed E-state index contributed by atoms with van der Waals surface area (Å²) in [5.74, 6) is 0.0280. The van der Waals surface area contributed by atoms with Gasteiger partial charge in [0.05, 0.1) is 18.8 Å². The lowest BCUT2D eigenvalue weighted by atomic mass is 10.1. The van der Waals surface area contributed by atoms with Crippen molar-refractivity contribution in [1.29, 1.82) is 0 Å². The average molecular weight is 286 g/mol. The minimum absolute atomic E-state index is 0.0280. The molecule has 1 saturated heterocycles. The molecule has 0 saturated carbocycles. The molecule has 0 aromatic rings. The summed E-state index contributed by atoms with van der Waals surface area (Å²) >= 11 is 0. The van der Waals surface area contributed by atoms with Crippen molar-refractivity contribution >= 4 is 5.91 Å². The Morgan fingerprint density at radius 1 is 1.35 bits per heavy atom. The largest absolute Gasteiger partial charge is 0.394 e. The number of hydrogen-bond donors (Lipinski definition) is 3. The van der Waals surface area contributed by atoms with E-state index in [0.29, 0.717) is 19.5 Å². The zero-order chi connectivity index (χ0) is 14.8. The fraction of sp³-hybridized carbons (Fsp3) is 0.933. The summed E-state index contributed by atoms with van der Waals surface area (Å²) in [6, 6.07) is -0.219. The van der Waals surface area contributed by atoms with Crippen LogP contribution in [0.15, 0.2) is 0 Å². The van der Waals surface area contributed by atoms with Gasteiger partial charge in [0.2, 0.25) is 5.91 Å². The maximum absolute atomic E-state index is 11.8. The van der Waals surface area contributed by atoms with E-state index in [-0.39, 0.29) is 24.7 Å². The molecule has 1 fully saturated rings. The highest BCUT2D eigenvalue weighted by molar-refractivity contribution is 5.76. The highest BCUT2D eigenvalue weighted by Crippen LogP contribution is 2.09. The first-order chi connectivity index (χ1) is 9.65. The number of aliphatic hydroxyl groups is 2. The molecule has 0 aromatic carbocycles. The molecule has 0 bridgehead atoms. The molecule has 0 aromatic heterocycles. The van der Waals surface area contributed by atoms with Crippen LogP contribution in [-0.2, 0) is 4.79 Å². The van der Waals surface area contributed by atoms with Gasteiger partial charge in [-0.25, -0.2) is 0 Å². The van der Waals surface area contributed by atoms with E-state index in [1.807, 2.05) is 0 Å². The van der Waals surface area contributed by atoms with Crippen LogP contribution in [0.1, 0.15) is 51.9 Å². The lowest BCUT2D eigenvalue weighted by molar-refractivity contribution is -0.122. The van der Waals surface area contributed by atoms with Crippen molar-refractivity contribution in [2.24, 2.45) is 0 Å². The number of carbonyl (C=O) groups is 1. The number of nitrogens with one attached hydrogen (secondary N) is 1. The van der Waals surface area contributed by atoms with E-state index in [0.717, 1.165) is 25.8 Å². The number of rotatable bonds is 10. The van der Waals surface area contributed by atoms with E-state index in [2.05, 4.69) is 17.1 Å². The normalized spacial score (nSPS) is 21.1. The maximum Gasteiger partial charge on any atom is 0.220 e. The lowest BCUT2D eigenvalue weighted by Crippen LogP contribution is -2.45. The molecule has 1 aliphatic heterocycles. The molecule has 1 amide bonds. The number of nitrogens with zero attached hydrogens (tertiary/aromatic N) is 1. The van der Waals surface area contributed by atoms with E-state index in [1.54, 1.807) is 0 Å². The van der Waals surface area contributed by atoms with Gasteiger partial charge in [0.15, 0.2) is 0 Å². The van der Waals surface area contributed by atoms with E-state index in [4.69, 9.17) is 0 Å². The smallest absolute Gasteiger partial charge is 0.220 e. The van der Waals surface area contributed by atoms with Crippen molar-refractivity contribution in [3.63, 3.8) is 0 Å². The number of β-amino-alcohol motifs (C(OH)–C–C–N with tert-alkyl or cyclic N) is 1. The Hall–Kier alpha value is -0.650. The van der Waals surface area contributed by atoms with Crippen LogP contribution in [0.3, 0.4) is 0 Å². The second kappa shape index (κ2) is 10.1. The van der Waals surface area contributed by atoms with Gasteiger partial charge in [-0.1, -0.05) is 32.6 Å². The van der Waals surface area contributed by atoms with Crippen LogP contribution in [0, 0.1) is 0 Å². The molecule has 118 valence electrons. The van der Waals surface area contributed by atoms with Crippen LogP contribution in [-0.4, -0.2) is 59.4 Å². The molecule has 20 heavy (non-hydrogen) atoms. The summed E-state index contributed by atoms with van der Waals surface area (Å²) < 4.78 is 0. The van der Waals surface area contributed by atoms with Crippen molar-refractivity contribution in [1.82, 2.24) is 10.2 Å². The van der Waals surface area contributed by atoms with Gasteiger partial charge < -0.3 is 15.5 Å². The zero-order valence-corrected chi connectivity index (χ0v) is 12.7. The predicted molar refractivity (Wildman–Crippen MR) is 79.5 cm³/mol. The van der Waals surface area contributed by atoms with Gasteiger partial charge >= 0.3 is 0 Å². The summed E-state index contributed by atoms with van der Waals surface area (Å²) in [6.07, 6.45) is 6.73. The van der Waals surface area contributed by atoms with Crippen molar-refractivity contribution in [3.05, 3.63) is 0 Å². The monoisotopic (exact) mass is 286 g/mol. The van der Waals surface area contributed by atoms with Gasteiger partial charge in [-0.05, 0) is 12.8 Å². The summed E-state index contributed by atoms with van der Waals surface area (Å²) in [5.41, 5.74) is 0. The van der Waals surface area contributed by atoms with Crippen LogP contribution in [0.25, 0.3) is 0 Å². The molecule has 5 nitrogen and oxygen atoms in total. The van der Waals surface area contributed by atoms with Crippen LogP contribution < -0.4 is 5.32 Å². The van der Waals surface area contributed by atoms with Gasteiger partial charge in [-0.3, -0.25) is 9.69 Å².